The van der Waals surface area contributed by atoms with Gasteiger partial charge in [0.2, 0.25) is 5.91 Å². The Hall–Kier alpha value is -1.76. The number of carbonyl (C=O) groups excluding carboxylic acids is 1. The lowest BCUT2D eigenvalue weighted by Gasteiger charge is -2.15. The lowest BCUT2D eigenvalue weighted by Crippen LogP contribution is -2.34. The van der Waals surface area contributed by atoms with Crippen molar-refractivity contribution >= 4 is 17.7 Å². The number of aryl methyl sites for hydroxylation is 1. The first-order valence-electron chi connectivity index (χ1n) is 8.82. The van der Waals surface area contributed by atoms with Crippen molar-refractivity contribution < 1.29 is 9.21 Å². The van der Waals surface area contributed by atoms with E-state index in [0.29, 0.717) is 11.7 Å². The third-order valence-electron chi connectivity index (χ3n) is 4.05. The van der Waals surface area contributed by atoms with Gasteiger partial charge in [0, 0.05) is 12.6 Å². The maximum Gasteiger partial charge on any atom is 0.230 e. The third kappa shape index (κ3) is 5.36. The van der Waals surface area contributed by atoms with E-state index < -0.39 is 0 Å². The summed E-state index contributed by atoms with van der Waals surface area (Å²) in [5.41, 5.74) is 0.938. The quantitative estimate of drug-likeness (QED) is 0.683. The molecule has 2 rings (SSSR count). The van der Waals surface area contributed by atoms with E-state index in [-0.39, 0.29) is 11.9 Å². The Labute approximate surface area is 153 Å². The van der Waals surface area contributed by atoms with Crippen LogP contribution in [0.1, 0.15) is 46.3 Å². The number of amides is 1. The summed E-state index contributed by atoms with van der Waals surface area (Å²) in [6.07, 6.45) is 3.77. The Morgan fingerprint density at radius 1 is 1.32 bits per heavy atom. The summed E-state index contributed by atoms with van der Waals surface area (Å²) < 4.78 is 7.37. The van der Waals surface area contributed by atoms with Crippen LogP contribution in [0.25, 0.3) is 11.4 Å². The Balaban J connectivity index is 1.94. The predicted octanol–water partition coefficient (Wildman–Crippen LogP) is 3.90. The molecule has 1 unspecified atom stereocenters. The van der Waals surface area contributed by atoms with E-state index in [1.807, 2.05) is 24.5 Å². The van der Waals surface area contributed by atoms with Crippen molar-refractivity contribution in [1.82, 2.24) is 20.1 Å². The minimum absolute atomic E-state index is 0.0351. The number of rotatable bonds is 9. The SMILES string of the molecule is CCn1c(SCC(=O)NC(C)CCC(C)C)nnc1-c1ccoc1C. The first-order chi connectivity index (χ1) is 11.9. The fourth-order valence-corrected chi connectivity index (χ4v) is 3.41. The van der Waals surface area contributed by atoms with Crippen molar-refractivity contribution in [3.05, 3.63) is 18.1 Å². The molecule has 7 heteroatoms. The van der Waals surface area contributed by atoms with Gasteiger partial charge in [-0.15, -0.1) is 10.2 Å². The van der Waals surface area contributed by atoms with Gasteiger partial charge in [-0.05, 0) is 45.6 Å². The minimum Gasteiger partial charge on any atom is -0.469 e. The fourth-order valence-electron chi connectivity index (χ4n) is 2.60. The zero-order valence-corrected chi connectivity index (χ0v) is 16.5. The summed E-state index contributed by atoms with van der Waals surface area (Å²) in [5.74, 6) is 2.63. The second kappa shape index (κ2) is 9.08. The van der Waals surface area contributed by atoms with Gasteiger partial charge in [-0.25, -0.2) is 0 Å². The Morgan fingerprint density at radius 2 is 2.08 bits per heavy atom. The molecule has 25 heavy (non-hydrogen) atoms. The molecule has 1 atom stereocenters. The van der Waals surface area contributed by atoms with Crippen molar-refractivity contribution in [3.8, 4) is 11.4 Å². The maximum absolute atomic E-state index is 12.2. The highest BCUT2D eigenvalue weighted by atomic mass is 32.2. The van der Waals surface area contributed by atoms with Crippen molar-refractivity contribution in [2.75, 3.05) is 5.75 Å². The summed E-state index contributed by atoms with van der Waals surface area (Å²) in [6, 6.07) is 2.09. The molecule has 1 amide bonds. The summed E-state index contributed by atoms with van der Waals surface area (Å²) >= 11 is 1.42. The van der Waals surface area contributed by atoms with Gasteiger partial charge in [0.1, 0.15) is 5.76 Å². The zero-order valence-electron chi connectivity index (χ0n) is 15.7. The average Bonchev–Trinajstić information content (AvgIpc) is 3.16. The van der Waals surface area contributed by atoms with Crippen molar-refractivity contribution in [3.63, 3.8) is 0 Å². The summed E-state index contributed by atoms with van der Waals surface area (Å²) in [7, 11) is 0. The molecule has 0 spiro atoms. The van der Waals surface area contributed by atoms with Gasteiger partial charge in [0.15, 0.2) is 11.0 Å². The number of nitrogens with zero attached hydrogens (tertiary/aromatic N) is 3. The maximum atomic E-state index is 12.2. The van der Waals surface area contributed by atoms with E-state index in [0.717, 1.165) is 41.7 Å². The average molecular weight is 365 g/mol. The van der Waals surface area contributed by atoms with Gasteiger partial charge in [-0.2, -0.15) is 0 Å². The minimum atomic E-state index is 0.0351. The van der Waals surface area contributed by atoms with Crippen molar-refractivity contribution in [2.45, 2.75) is 65.2 Å². The second-order valence-electron chi connectivity index (χ2n) is 6.67. The smallest absolute Gasteiger partial charge is 0.230 e. The van der Waals surface area contributed by atoms with Crippen LogP contribution in [0.3, 0.4) is 0 Å². The monoisotopic (exact) mass is 364 g/mol. The summed E-state index contributed by atoms with van der Waals surface area (Å²) in [6.45, 7) is 11.1. The highest BCUT2D eigenvalue weighted by molar-refractivity contribution is 7.99. The van der Waals surface area contributed by atoms with E-state index in [1.54, 1.807) is 6.26 Å². The Bertz CT molecular complexity index is 693. The van der Waals surface area contributed by atoms with Crippen LogP contribution >= 0.6 is 11.8 Å². The molecule has 2 aromatic heterocycles. The number of nitrogens with one attached hydrogen (secondary N) is 1. The molecule has 2 aromatic rings. The standard InChI is InChI=1S/C18H28N4O2S/c1-6-22-17(15-9-10-24-14(15)5)20-21-18(22)25-11-16(23)19-13(4)8-7-12(2)3/h9-10,12-13H,6-8,11H2,1-5H3,(H,19,23). The topological polar surface area (TPSA) is 73.0 Å². The molecule has 0 radical (unpaired) electrons. The molecule has 0 aliphatic heterocycles. The molecular formula is C18H28N4O2S. The third-order valence-corrected chi connectivity index (χ3v) is 5.02. The zero-order chi connectivity index (χ0) is 18.4. The number of aromatic nitrogens is 3. The number of hydrogen-bond donors (Lipinski definition) is 1. The Kier molecular flexibility index (Phi) is 7.11. The molecule has 0 aliphatic carbocycles. The lowest BCUT2D eigenvalue weighted by molar-refractivity contribution is -0.119. The van der Waals surface area contributed by atoms with Gasteiger partial charge < -0.3 is 14.3 Å². The van der Waals surface area contributed by atoms with Gasteiger partial charge in [-0.1, -0.05) is 25.6 Å². The molecule has 0 aromatic carbocycles. The van der Waals surface area contributed by atoms with Crippen molar-refractivity contribution in [2.24, 2.45) is 5.92 Å². The number of carbonyl (C=O) groups is 1. The Morgan fingerprint density at radius 3 is 2.68 bits per heavy atom. The normalized spacial score (nSPS) is 12.6. The van der Waals surface area contributed by atoms with Gasteiger partial charge >= 0.3 is 0 Å². The van der Waals surface area contributed by atoms with E-state index >= 15 is 0 Å². The van der Waals surface area contributed by atoms with Gasteiger partial charge in [-0.3, -0.25) is 4.79 Å². The van der Waals surface area contributed by atoms with Crippen LogP contribution in [0.5, 0.6) is 0 Å². The van der Waals surface area contributed by atoms with Crippen molar-refractivity contribution in [1.29, 1.82) is 0 Å². The van der Waals surface area contributed by atoms with Crippen LogP contribution in [0.4, 0.5) is 0 Å². The molecule has 0 saturated carbocycles. The molecule has 0 bridgehead atoms. The molecule has 6 nitrogen and oxygen atoms in total. The van der Waals surface area contributed by atoms with E-state index in [2.05, 4.69) is 36.3 Å². The van der Waals surface area contributed by atoms with Crippen LogP contribution in [0.2, 0.25) is 0 Å². The summed E-state index contributed by atoms with van der Waals surface area (Å²) in [5, 5.41) is 12.3. The van der Waals surface area contributed by atoms with E-state index in [1.165, 1.54) is 11.8 Å². The van der Waals surface area contributed by atoms with Crippen LogP contribution in [-0.2, 0) is 11.3 Å². The first-order valence-corrected chi connectivity index (χ1v) is 9.80. The summed E-state index contributed by atoms with van der Waals surface area (Å²) in [4.78, 5) is 12.2. The highest BCUT2D eigenvalue weighted by Crippen LogP contribution is 2.26. The van der Waals surface area contributed by atoms with Crippen LogP contribution in [0.15, 0.2) is 21.9 Å². The van der Waals surface area contributed by atoms with Gasteiger partial charge in [0.25, 0.3) is 0 Å². The molecule has 1 N–H and O–H groups in total. The molecule has 0 fully saturated rings. The molecular weight excluding hydrogens is 336 g/mol. The largest absolute Gasteiger partial charge is 0.469 e. The molecule has 0 saturated heterocycles. The number of furan rings is 1. The second-order valence-corrected chi connectivity index (χ2v) is 7.61. The fraction of sp³-hybridized carbons (Fsp3) is 0.611. The van der Waals surface area contributed by atoms with Crippen LogP contribution in [-0.4, -0.2) is 32.5 Å². The first kappa shape index (κ1) is 19.6. The number of thioether (sulfide) groups is 1. The lowest BCUT2D eigenvalue weighted by atomic mass is 10.0. The van der Waals surface area contributed by atoms with E-state index in [4.69, 9.17) is 4.42 Å². The molecule has 0 aliphatic rings. The van der Waals surface area contributed by atoms with E-state index in [9.17, 15) is 4.79 Å². The predicted molar refractivity (Wildman–Crippen MR) is 101 cm³/mol. The van der Waals surface area contributed by atoms with Gasteiger partial charge in [0.05, 0.1) is 17.6 Å². The number of hydrogen-bond acceptors (Lipinski definition) is 5. The van der Waals surface area contributed by atoms with Crippen LogP contribution in [0, 0.1) is 12.8 Å². The molecule has 138 valence electrons. The van der Waals surface area contributed by atoms with Crippen LogP contribution < -0.4 is 5.32 Å². The molecule has 2 heterocycles. The highest BCUT2D eigenvalue weighted by Gasteiger charge is 2.17.